The van der Waals surface area contributed by atoms with Crippen molar-refractivity contribution in [3.05, 3.63) is 0 Å². The molecule has 6 nitrogen and oxygen atoms in total. The van der Waals surface area contributed by atoms with Gasteiger partial charge in [-0.2, -0.15) is 0 Å². The van der Waals surface area contributed by atoms with Gasteiger partial charge in [-0.15, -0.1) is 0 Å². The molecule has 0 radical (unpaired) electrons. The van der Waals surface area contributed by atoms with E-state index in [1.54, 1.807) is 0 Å². The number of hydrogen-bond donors (Lipinski definition) is 3. The molecule has 2 fully saturated rings. The van der Waals surface area contributed by atoms with Crippen molar-refractivity contribution in [1.82, 2.24) is 10.2 Å². The highest BCUT2D eigenvalue weighted by atomic mass is 16.4. The van der Waals surface area contributed by atoms with E-state index in [-0.39, 0.29) is 11.7 Å². The number of likely N-dealkylation sites (tertiary alicyclic amines) is 1. The second-order valence-electron chi connectivity index (χ2n) is 4.87. The summed E-state index contributed by atoms with van der Waals surface area (Å²) in [6, 6.07) is 0. The van der Waals surface area contributed by atoms with Gasteiger partial charge < -0.3 is 21.2 Å². The van der Waals surface area contributed by atoms with Crippen LogP contribution in [-0.4, -0.2) is 48.0 Å². The molecule has 96 valence electrons. The number of amides is 1. The Balaban J connectivity index is 1.74. The molecule has 0 aromatic carbocycles. The Labute approximate surface area is 101 Å². The normalized spacial score (nSPS) is 23.6. The Morgan fingerprint density at radius 3 is 2.59 bits per heavy atom. The molecule has 6 heteroatoms. The number of carbonyl (C=O) groups excluding carboxylic acids is 1. The van der Waals surface area contributed by atoms with Crippen molar-refractivity contribution in [1.29, 1.82) is 0 Å². The highest BCUT2D eigenvalue weighted by molar-refractivity contribution is 6.09. The minimum atomic E-state index is -0.722. The van der Waals surface area contributed by atoms with E-state index in [2.05, 4.69) is 15.4 Å². The first-order valence-electron chi connectivity index (χ1n) is 6.18. The molecule has 2 aliphatic rings. The first kappa shape index (κ1) is 12.2. The molecule has 0 aromatic rings. The van der Waals surface area contributed by atoms with Gasteiger partial charge in [0.15, 0.2) is 5.84 Å². The van der Waals surface area contributed by atoms with Gasteiger partial charge in [-0.05, 0) is 38.8 Å². The number of nitrogens with two attached hydrogens (primary N) is 1. The average Bonchev–Trinajstić information content (AvgIpc) is 3.00. The third kappa shape index (κ3) is 2.52. The zero-order valence-corrected chi connectivity index (χ0v) is 9.98. The summed E-state index contributed by atoms with van der Waals surface area (Å²) in [4.78, 5) is 14.2. The molecule has 4 N–H and O–H groups in total. The highest BCUT2D eigenvalue weighted by Crippen LogP contribution is 2.45. The average molecular weight is 240 g/mol. The fraction of sp³-hybridized carbons (Fsp3) is 0.818. The zero-order chi connectivity index (χ0) is 12.3. The topological polar surface area (TPSA) is 91.0 Å². The molecular weight excluding hydrogens is 220 g/mol. The molecule has 0 unspecified atom stereocenters. The summed E-state index contributed by atoms with van der Waals surface area (Å²) >= 11 is 0. The SMILES string of the molecule is NC(=NO)C1(C(=O)NCCN2CCCC2)CC1. The molecule has 2 rings (SSSR count). The lowest BCUT2D eigenvalue weighted by Crippen LogP contribution is -2.43. The number of nitrogens with zero attached hydrogens (tertiary/aromatic N) is 2. The number of oxime groups is 1. The standard InChI is InChI=1S/C11H20N4O2/c12-9(14-17)11(3-4-11)10(16)13-5-8-15-6-1-2-7-15/h17H,1-8H2,(H2,12,14)(H,13,16). The maximum atomic E-state index is 11.9. The van der Waals surface area contributed by atoms with Gasteiger partial charge in [0.05, 0.1) is 0 Å². The van der Waals surface area contributed by atoms with Gasteiger partial charge in [-0.25, -0.2) is 0 Å². The van der Waals surface area contributed by atoms with E-state index in [9.17, 15) is 4.79 Å². The van der Waals surface area contributed by atoms with Gasteiger partial charge in [0.2, 0.25) is 5.91 Å². The van der Waals surface area contributed by atoms with E-state index in [1.165, 1.54) is 12.8 Å². The van der Waals surface area contributed by atoms with Crippen LogP contribution in [0.5, 0.6) is 0 Å². The summed E-state index contributed by atoms with van der Waals surface area (Å²) < 4.78 is 0. The number of rotatable bonds is 5. The Morgan fingerprint density at radius 2 is 2.06 bits per heavy atom. The number of nitrogens with one attached hydrogen (secondary N) is 1. The van der Waals surface area contributed by atoms with Gasteiger partial charge in [0, 0.05) is 13.1 Å². The fourth-order valence-corrected chi connectivity index (χ4v) is 2.32. The van der Waals surface area contributed by atoms with Crippen molar-refractivity contribution in [3.63, 3.8) is 0 Å². The van der Waals surface area contributed by atoms with Crippen molar-refractivity contribution in [2.75, 3.05) is 26.2 Å². The van der Waals surface area contributed by atoms with E-state index >= 15 is 0 Å². The molecule has 1 aliphatic carbocycles. The van der Waals surface area contributed by atoms with E-state index < -0.39 is 5.41 Å². The molecule has 0 spiro atoms. The zero-order valence-electron chi connectivity index (χ0n) is 9.98. The van der Waals surface area contributed by atoms with E-state index in [0.29, 0.717) is 19.4 Å². The summed E-state index contributed by atoms with van der Waals surface area (Å²) in [7, 11) is 0. The second-order valence-corrected chi connectivity index (χ2v) is 4.87. The van der Waals surface area contributed by atoms with Gasteiger partial charge in [-0.1, -0.05) is 5.16 Å². The fourth-order valence-electron chi connectivity index (χ4n) is 2.32. The first-order valence-corrected chi connectivity index (χ1v) is 6.18. The van der Waals surface area contributed by atoms with Crippen LogP contribution in [0.15, 0.2) is 5.16 Å². The van der Waals surface area contributed by atoms with Gasteiger partial charge in [0.1, 0.15) is 5.41 Å². The molecule has 1 aliphatic heterocycles. The molecular formula is C11H20N4O2. The van der Waals surface area contributed by atoms with Crippen LogP contribution < -0.4 is 11.1 Å². The Hall–Kier alpha value is -1.30. The summed E-state index contributed by atoms with van der Waals surface area (Å²) in [6.45, 7) is 3.78. The Kier molecular flexibility index (Phi) is 3.51. The lowest BCUT2D eigenvalue weighted by atomic mass is 10.1. The molecule has 0 bridgehead atoms. The smallest absolute Gasteiger partial charge is 0.234 e. The van der Waals surface area contributed by atoms with Crippen LogP contribution in [0.2, 0.25) is 0 Å². The molecule has 0 aromatic heterocycles. The van der Waals surface area contributed by atoms with Crippen molar-refractivity contribution in [3.8, 4) is 0 Å². The van der Waals surface area contributed by atoms with Crippen LogP contribution in [-0.2, 0) is 4.79 Å². The van der Waals surface area contributed by atoms with Crippen LogP contribution in [0.3, 0.4) is 0 Å². The quantitative estimate of drug-likeness (QED) is 0.267. The Morgan fingerprint density at radius 1 is 1.41 bits per heavy atom. The largest absolute Gasteiger partial charge is 0.409 e. The molecule has 1 saturated carbocycles. The summed E-state index contributed by atoms with van der Waals surface area (Å²) in [5, 5.41) is 14.5. The summed E-state index contributed by atoms with van der Waals surface area (Å²) in [5.74, 6) is -0.0665. The van der Waals surface area contributed by atoms with Crippen molar-refractivity contribution in [2.45, 2.75) is 25.7 Å². The van der Waals surface area contributed by atoms with Crippen LogP contribution in [0, 0.1) is 5.41 Å². The predicted octanol–water partition coefficient (Wildman–Crippen LogP) is -0.275. The molecule has 1 amide bonds. The van der Waals surface area contributed by atoms with Crippen LogP contribution in [0.25, 0.3) is 0 Å². The number of carbonyl (C=O) groups is 1. The monoisotopic (exact) mass is 240 g/mol. The third-order valence-corrected chi connectivity index (χ3v) is 3.69. The van der Waals surface area contributed by atoms with E-state index in [1.807, 2.05) is 0 Å². The molecule has 17 heavy (non-hydrogen) atoms. The Bertz CT molecular complexity index is 319. The molecule has 0 atom stereocenters. The maximum absolute atomic E-state index is 11.9. The second kappa shape index (κ2) is 4.91. The van der Waals surface area contributed by atoms with E-state index in [4.69, 9.17) is 10.9 Å². The van der Waals surface area contributed by atoms with Crippen LogP contribution in [0.4, 0.5) is 0 Å². The van der Waals surface area contributed by atoms with Crippen LogP contribution >= 0.6 is 0 Å². The van der Waals surface area contributed by atoms with Gasteiger partial charge in [-0.3, -0.25) is 4.79 Å². The van der Waals surface area contributed by atoms with E-state index in [0.717, 1.165) is 19.6 Å². The molecule has 1 saturated heterocycles. The summed E-state index contributed by atoms with van der Waals surface area (Å²) in [6.07, 6.45) is 3.86. The maximum Gasteiger partial charge on any atom is 0.234 e. The van der Waals surface area contributed by atoms with Crippen molar-refractivity contribution < 1.29 is 10.0 Å². The molecule has 1 heterocycles. The highest BCUT2D eigenvalue weighted by Gasteiger charge is 2.54. The number of amidine groups is 1. The van der Waals surface area contributed by atoms with Gasteiger partial charge >= 0.3 is 0 Å². The van der Waals surface area contributed by atoms with Gasteiger partial charge in [0.25, 0.3) is 0 Å². The predicted molar refractivity (Wildman–Crippen MR) is 63.8 cm³/mol. The lowest BCUT2D eigenvalue weighted by molar-refractivity contribution is -0.124. The van der Waals surface area contributed by atoms with Crippen molar-refractivity contribution in [2.24, 2.45) is 16.3 Å². The minimum absolute atomic E-state index is 0.0381. The summed E-state index contributed by atoms with van der Waals surface area (Å²) in [5.41, 5.74) is 4.81. The minimum Gasteiger partial charge on any atom is -0.409 e. The lowest BCUT2D eigenvalue weighted by Gasteiger charge is -2.17. The third-order valence-electron chi connectivity index (χ3n) is 3.69. The van der Waals surface area contributed by atoms with Crippen LogP contribution in [0.1, 0.15) is 25.7 Å². The number of hydrogen-bond acceptors (Lipinski definition) is 4. The van der Waals surface area contributed by atoms with Crippen molar-refractivity contribution >= 4 is 11.7 Å². The first-order chi connectivity index (χ1) is 8.19.